The molecule has 0 bridgehead atoms. The lowest BCUT2D eigenvalue weighted by molar-refractivity contribution is -0.384. The van der Waals surface area contributed by atoms with E-state index in [2.05, 4.69) is 10.0 Å². The molecular formula is C17H19N3O6S. The van der Waals surface area contributed by atoms with Crippen molar-refractivity contribution >= 4 is 27.4 Å². The van der Waals surface area contributed by atoms with Gasteiger partial charge in [0, 0.05) is 6.07 Å². The zero-order valence-corrected chi connectivity index (χ0v) is 15.6. The molecule has 0 aromatic heterocycles. The van der Waals surface area contributed by atoms with Gasteiger partial charge in [-0.1, -0.05) is 29.8 Å². The smallest absolute Gasteiger partial charge is 0.325 e. The van der Waals surface area contributed by atoms with Crippen molar-refractivity contribution in [1.82, 2.24) is 4.72 Å². The van der Waals surface area contributed by atoms with Crippen molar-refractivity contribution < 1.29 is 22.9 Å². The number of carbonyl (C=O) groups is 1. The number of esters is 1. The lowest BCUT2D eigenvalue weighted by atomic mass is 10.2. The zero-order valence-electron chi connectivity index (χ0n) is 14.8. The molecule has 0 saturated heterocycles. The van der Waals surface area contributed by atoms with Gasteiger partial charge in [-0.05, 0) is 31.7 Å². The fourth-order valence-electron chi connectivity index (χ4n) is 2.16. The number of carbonyl (C=O) groups excluding carboxylic acids is 1. The van der Waals surface area contributed by atoms with E-state index in [1.54, 1.807) is 0 Å². The molecule has 2 rings (SSSR count). The Balaban J connectivity index is 2.02. The van der Waals surface area contributed by atoms with Gasteiger partial charge in [0.1, 0.15) is 18.8 Å². The molecule has 2 N–H and O–H groups in total. The number of nitro groups is 1. The number of hydrogen-bond acceptors (Lipinski definition) is 7. The summed E-state index contributed by atoms with van der Waals surface area (Å²) in [5, 5.41) is 13.8. The highest BCUT2D eigenvalue weighted by atomic mass is 32.2. The molecule has 0 saturated carbocycles. The normalized spacial score (nSPS) is 11.0. The predicted octanol–water partition coefficient (Wildman–Crippen LogP) is 1.97. The Hall–Kier alpha value is -2.98. The Morgan fingerprint density at radius 1 is 1.19 bits per heavy atom. The van der Waals surface area contributed by atoms with E-state index < -0.39 is 26.6 Å². The highest BCUT2D eigenvalue weighted by Gasteiger charge is 2.20. The third-order valence-electron chi connectivity index (χ3n) is 3.69. The van der Waals surface area contributed by atoms with Crippen LogP contribution in [0.2, 0.25) is 0 Å². The first-order valence-corrected chi connectivity index (χ1v) is 9.38. The maximum absolute atomic E-state index is 11.8. The van der Waals surface area contributed by atoms with Crippen LogP contribution in [0.4, 0.5) is 11.4 Å². The molecular weight excluding hydrogens is 374 g/mol. The maximum atomic E-state index is 11.8. The number of rotatable bonds is 8. The Morgan fingerprint density at radius 3 is 2.44 bits per heavy atom. The standard InChI is InChI=1S/C17H19N3O6S/c1-12-3-5-13(6-4-12)11-26-17(21)10-19-15-8-7-14(27(24,25)18-2)9-16(15)20(22)23/h3-9,18-19H,10-11H2,1-2H3. The molecule has 27 heavy (non-hydrogen) atoms. The summed E-state index contributed by atoms with van der Waals surface area (Å²) in [4.78, 5) is 22.1. The molecule has 144 valence electrons. The Kier molecular flexibility index (Phi) is 6.48. The fourth-order valence-corrected chi connectivity index (χ4v) is 2.91. The van der Waals surface area contributed by atoms with Crippen molar-refractivity contribution in [2.75, 3.05) is 18.9 Å². The Bertz CT molecular complexity index is 942. The average Bonchev–Trinajstić information content (AvgIpc) is 2.65. The number of anilines is 1. The van der Waals surface area contributed by atoms with E-state index in [0.29, 0.717) is 0 Å². The number of ether oxygens (including phenoxy) is 1. The number of aryl methyl sites for hydroxylation is 1. The second-order valence-electron chi connectivity index (χ2n) is 5.64. The number of benzene rings is 2. The van der Waals surface area contributed by atoms with Gasteiger partial charge in [0.25, 0.3) is 5.69 Å². The minimum atomic E-state index is -3.82. The van der Waals surface area contributed by atoms with Gasteiger partial charge in [-0.3, -0.25) is 14.9 Å². The van der Waals surface area contributed by atoms with Crippen molar-refractivity contribution in [2.45, 2.75) is 18.4 Å². The molecule has 0 aliphatic rings. The van der Waals surface area contributed by atoms with E-state index in [0.717, 1.165) is 17.2 Å². The SMILES string of the molecule is CNS(=O)(=O)c1ccc(NCC(=O)OCc2ccc(C)cc2)c([N+](=O)[O-])c1. The summed E-state index contributed by atoms with van der Waals surface area (Å²) in [5.41, 5.74) is 1.46. The predicted molar refractivity (Wildman–Crippen MR) is 98.8 cm³/mol. The molecule has 0 unspecified atom stereocenters. The van der Waals surface area contributed by atoms with E-state index in [-0.39, 0.29) is 23.7 Å². The molecule has 0 heterocycles. The van der Waals surface area contributed by atoms with Crippen molar-refractivity contribution in [3.63, 3.8) is 0 Å². The monoisotopic (exact) mass is 393 g/mol. The van der Waals surface area contributed by atoms with Gasteiger partial charge in [-0.15, -0.1) is 0 Å². The molecule has 10 heteroatoms. The molecule has 0 aliphatic heterocycles. The van der Waals surface area contributed by atoms with Gasteiger partial charge >= 0.3 is 5.97 Å². The summed E-state index contributed by atoms with van der Waals surface area (Å²) in [6.07, 6.45) is 0. The fraction of sp³-hybridized carbons (Fsp3) is 0.235. The summed E-state index contributed by atoms with van der Waals surface area (Å²) < 4.78 is 30.7. The zero-order chi connectivity index (χ0) is 20.0. The quantitative estimate of drug-likeness (QED) is 0.399. The van der Waals surface area contributed by atoms with Crippen LogP contribution in [-0.4, -0.2) is 32.9 Å². The van der Waals surface area contributed by atoms with Crippen LogP contribution in [-0.2, 0) is 26.2 Å². The topological polar surface area (TPSA) is 128 Å². The molecule has 0 fully saturated rings. The summed E-state index contributed by atoms with van der Waals surface area (Å²) in [5.74, 6) is -0.600. The van der Waals surface area contributed by atoms with Gasteiger partial charge < -0.3 is 10.1 Å². The second-order valence-corrected chi connectivity index (χ2v) is 7.53. The van der Waals surface area contributed by atoms with Crippen LogP contribution in [0.5, 0.6) is 0 Å². The van der Waals surface area contributed by atoms with Crippen LogP contribution < -0.4 is 10.0 Å². The van der Waals surface area contributed by atoms with E-state index in [4.69, 9.17) is 4.74 Å². The highest BCUT2D eigenvalue weighted by molar-refractivity contribution is 7.89. The van der Waals surface area contributed by atoms with Crippen LogP contribution in [0.1, 0.15) is 11.1 Å². The summed E-state index contributed by atoms with van der Waals surface area (Å²) in [6, 6.07) is 10.8. The summed E-state index contributed by atoms with van der Waals surface area (Å²) >= 11 is 0. The van der Waals surface area contributed by atoms with Gasteiger partial charge in [-0.25, -0.2) is 13.1 Å². The first kappa shape index (κ1) is 20.3. The molecule has 9 nitrogen and oxygen atoms in total. The Morgan fingerprint density at radius 2 is 1.85 bits per heavy atom. The van der Waals surface area contributed by atoms with Crippen molar-refractivity contribution in [1.29, 1.82) is 0 Å². The first-order valence-electron chi connectivity index (χ1n) is 7.90. The van der Waals surface area contributed by atoms with Gasteiger partial charge in [0.15, 0.2) is 0 Å². The lowest BCUT2D eigenvalue weighted by Crippen LogP contribution is -2.20. The van der Waals surface area contributed by atoms with Crippen LogP contribution in [0.15, 0.2) is 47.4 Å². The minimum absolute atomic E-state index is 0.0161. The van der Waals surface area contributed by atoms with E-state index in [1.807, 2.05) is 31.2 Å². The van der Waals surface area contributed by atoms with Crippen LogP contribution in [0, 0.1) is 17.0 Å². The number of nitro benzene ring substituents is 1. The molecule has 0 amide bonds. The third-order valence-corrected chi connectivity index (χ3v) is 5.10. The second kappa shape index (κ2) is 8.60. The van der Waals surface area contributed by atoms with Crippen molar-refractivity contribution in [2.24, 2.45) is 0 Å². The summed E-state index contributed by atoms with van der Waals surface area (Å²) in [7, 11) is -2.61. The number of nitrogens with zero attached hydrogens (tertiary/aromatic N) is 1. The van der Waals surface area contributed by atoms with Crippen molar-refractivity contribution in [3.8, 4) is 0 Å². The van der Waals surface area contributed by atoms with Crippen molar-refractivity contribution in [3.05, 3.63) is 63.7 Å². The molecule has 0 radical (unpaired) electrons. The Labute approximate surface area is 156 Å². The van der Waals surface area contributed by atoms with Gasteiger partial charge in [0.05, 0.1) is 9.82 Å². The summed E-state index contributed by atoms with van der Waals surface area (Å²) in [6.45, 7) is 1.73. The largest absolute Gasteiger partial charge is 0.460 e. The van der Waals surface area contributed by atoms with Crippen LogP contribution in [0.25, 0.3) is 0 Å². The van der Waals surface area contributed by atoms with Crippen LogP contribution >= 0.6 is 0 Å². The molecule has 0 spiro atoms. The van der Waals surface area contributed by atoms with E-state index in [9.17, 15) is 23.3 Å². The highest BCUT2D eigenvalue weighted by Crippen LogP contribution is 2.27. The molecule has 0 atom stereocenters. The average molecular weight is 393 g/mol. The van der Waals surface area contributed by atoms with E-state index in [1.165, 1.54) is 19.2 Å². The van der Waals surface area contributed by atoms with Crippen LogP contribution in [0.3, 0.4) is 0 Å². The van der Waals surface area contributed by atoms with Gasteiger partial charge in [0.2, 0.25) is 10.0 Å². The number of sulfonamides is 1. The maximum Gasteiger partial charge on any atom is 0.325 e. The number of nitrogens with one attached hydrogen (secondary N) is 2. The minimum Gasteiger partial charge on any atom is -0.460 e. The third kappa shape index (κ3) is 5.50. The molecule has 2 aromatic carbocycles. The first-order chi connectivity index (χ1) is 12.7. The lowest BCUT2D eigenvalue weighted by Gasteiger charge is -2.09. The van der Waals surface area contributed by atoms with E-state index >= 15 is 0 Å². The number of hydrogen-bond donors (Lipinski definition) is 2. The molecule has 2 aromatic rings. The van der Waals surface area contributed by atoms with Gasteiger partial charge in [-0.2, -0.15) is 0 Å². The molecule has 0 aliphatic carbocycles.